The highest BCUT2D eigenvalue weighted by Gasteiger charge is 2.31. The molecule has 2 aromatic carbocycles. The number of nitrogens with one attached hydrogen (secondary N) is 1. The summed E-state index contributed by atoms with van der Waals surface area (Å²) in [7, 11) is 0. The summed E-state index contributed by atoms with van der Waals surface area (Å²) >= 11 is 0. The number of nitrogens with zero attached hydrogens (tertiary/aromatic N) is 3. The Kier molecular flexibility index (Phi) is 7.30. The first-order valence-corrected chi connectivity index (χ1v) is 11.6. The quantitative estimate of drug-likeness (QED) is 0.621. The molecule has 0 aliphatic carbocycles. The molecule has 2 fully saturated rings. The number of piperazine rings is 1. The molecule has 2 aliphatic heterocycles. The van der Waals surface area contributed by atoms with Crippen LogP contribution in [0.2, 0.25) is 0 Å². The number of para-hydroxylation sites is 3. The van der Waals surface area contributed by atoms with Gasteiger partial charge in [-0.25, -0.2) is 4.79 Å². The fraction of sp³-hybridized carbons (Fsp3) is 0.480. The second-order valence-electron chi connectivity index (χ2n) is 8.27. The van der Waals surface area contributed by atoms with Gasteiger partial charge in [-0.3, -0.25) is 9.80 Å². The summed E-state index contributed by atoms with van der Waals surface area (Å²) in [6.07, 6.45) is 3.34. The SMILES string of the molecule is CCOc1ccccc1N1CCN(CCCCC2CNC(=O)N2c2ccccc2)CC1. The first-order valence-electron chi connectivity index (χ1n) is 11.6. The molecule has 0 aromatic heterocycles. The molecule has 0 saturated carbocycles. The summed E-state index contributed by atoms with van der Waals surface area (Å²) in [6.45, 7) is 8.83. The number of anilines is 2. The lowest BCUT2D eigenvalue weighted by atomic mass is 10.1. The average molecular weight is 423 g/mol. The fourth-order valence-corrected chi connectivity index (χ4v) is 4.62. The predicted octanol–water partition coefficient (Wildman–Crippen LogP) is 3.98. The van der Waals surface area contributed by atoms with Gasteiger partial charge in [0.15, 0.2) is 0 Å². The molecule has 1 atom stereocenters. The van der Waals surface area contributed by atoms with E-state index in [0.717, 1.165) is 63.5 Å². The Morgan fingerprint density at radius 3 is 2.48 bits per heavy atom. The summed E-state index contributed by atoms with van der Waals surface area (Å²) < 4.78 is 5.81. The van der Waals surface area contributed by atoms with Gasteiger partial charge in [0.2, 0.25) is 0 Å². The molecule has 0 radical (unpaired) electrons. The molecule has 0 spiro atoms. The number of hydrogen-bond acceptors (Lipinski definition) is 4. The first-order chi connectivity index (χ1) is 15.3. The van der Waals surface area contributed by atoms with Crippen molar-refractivity contribution in [3.63, 3.8) is 0 Å². The van der Waals surface area contributed by atoms with Crippen LogP contribution in [0, 0.1) is 0 Å². The van der Waals surface area contributed by atoms with Crippen molar-refractivity contribution in [2.45, 2.75) is 32.2 Å². The third-order valence-electron chi connectivity index (χ3n) is 6.25. The van der Waals surface area contributed by atoms with Gasteiger partial charge in [-0.2, -0.15) is 0 Å². The number of ether oxygens (including phenoxy) is 1. The molecule has 2 aromatic rings. The summed E-state index contributed by atoms with van der Waals surface area (Å²) in [5.41, 5.74) is 2.20. The van der Waals surface area contributed by atoms with Gasteiger partial charge in [0.1, 0.15) is 5.75 Å². The molecule has 2 saturated heterocycles. The number of urea groups is 1. The highest BCUT2D eigenvalue weighted by molar-refractivity contribution is 5.94. The Bertz CT molecular complexity index is 836. The van der Waals surface area contributed by atoms with E-state index in [2.05, 4.69) is 33.3 Å². The van der Waals surface area contributed by atoms with Crippen LogP contribution in [0.25, 0.3) is 0 Å². The maximum absolute atomic E-state index is 12.3. The molecule has 31 heavy (non-hydrogen) atoms. The monoisotopic (exact) mass is 422 g/mol. The highest BCUT2D eigenvalue weighted by atomic mass is 16.5. The lowest BCUT2D eigenvalue weighted by Crippen LogP contribution is -2.46. The lowest BCUT2D eigenvalue weighted by molar-refractivity contribution is 0.249. The number of unbranched alkanes of at least 4 members (excludes halogenated alkanes) is 1. The maximum Gasteiger partial charge on any atom is 0.322 e. The van der Waals surface area contributed by atoms with Crippen molar-refractivity contribution >= 4 is 17.4 Å². The number of hydrogen-bond donors (Lipinski definition) is 1. The Balaban J connectivity index is 1.20. The van der Waals surface area contributed by atoms with Gasteiger partial charge in [-0.05, 0) is 50.6 Å². The van der Waals surface area contributed by atoms with Crippen LogP contribution in [0.3, 0.4) is 0 Å². The average Bonchev–Trinajstić information content (AvgIpc) is 3.18. The second kappa shape index (κ2) is 10.5. The molecule has 2 amide bonds. The summed E-state index contributed by atoms with van der Waals surface area (Å²) in [4.78, 5) is 19.2. The molecule has 6 heteroatoms. The van der Waals surface area contributed by atoms with Crippen LogP contribution in [0.15, 0.2) is 54.6 Å². The largest absolute Gasteiger partial charge is 0.492 e. The van der Waals surface area contributed by atoms with Crippen molar-refractivity contribution < 1.29 is 9.53 Å². The Morgan fingerprint density at radius 1 is 0.968 bits per heavy atom. The number of carbonyl (C=O) groups excluding carboxylic acids is 1. The lowest BCUT2D eigenvalue weighted by Gasteiger charge is -2.36. The van der Waals surface area contributed by atoms with Gasteiger partial charge in [0, 0.05) is 38.4 Å². The molecule has 2 heterocycles. The fourth-order valence-electron chi connectivity index (χ4n) is 4.62. The number of amides is 2. The van der Waals surface area contributed by atoms with Crippen LogP contribution >= 0.6 is 0 Å². The molecule has 1 unspecified atom stereocenters. The second-order valence-corrected chi connectivity index (χ2v) is 8.27. The zero-order valence-electron chi connectivity index (χ0n) is 18.5. The van der Waals surface area contributed by atoms with Crippen LogP contribution in [0.4, 0.5) is 16.2 Å². The Hall–Kier alpha value is -2.73. The topological polar surface area (TPSA) is 48.1 Å². The Morgan fingerprint density at radius 2 is 1.71 bits per heavy atom. The van der Waals surface area contributed by atoms with Crippen LogP contribution in [0.1, 0.15) is 26.2 Å². The third-order valence-corrected chi connectivity index (χ3v) is 6.25. The van der Waals surface area contributed by atoms with Crippen molar-refractivity contribution in [3.05, 3.63) is 54.6 Å². The minimum absolute atomic E-state index is 0.0275. The number of rotatable bonds is 9. The molecular formula is C25H34N4O2. The van der Waals surface area contributed by atoms with E-state index in [4.69, 9.17) is 4.74 Å². The van der Waals surface area contributed by atoms with Crippen molar-refractivity contribution in [2.24, 2.45) is 0 Å². The van der Waals surface area contributed by atoms with E-state index in [9.17, 15) is 4.79 Å². The summed E-state index contributed by atoms with van der Waals surface area (Å²) in [5, 5.41) is 3.00. The van der Waals surface area contributed by atoms with Crippen LogP contribution in [0.5, 0.6) is 5.75 Å². The van der Waals surface area contributed by atoms with E-state index in [0.29, 0.717) is 6.61 Å². The van der Waals surface area contributed by atoms with Gasteiger partial charge in [0.05, 0.1) is 18.3 Å². The summed E-state index contributed by atoms with van der Waals surface area (Å²) in [6, 6.07) is 18.6. The van der Waals surface area contributed by atoms with E-state index in [-0.39, 0.29) is 12.1 Å². The number of carbonyl (C=O) groups is 1. The first kappa shape index (κ1) is 21.5. The van der Waals surface area contributed by atoms with Gasteiger partial charge >= 0.3 is 6.03 Å². The maximum atomic E-state index is 12.3. The van der Waals surface area contributed by atoms with Crippen molar-refractivity contribution in [3.8, 4) is 5.75 Å². The van der Waals surface area contributed by atoms with E-state index in [1.54, 1.807) is 0 Å². The van der Waals surface area contributed by atoms with E-state index in [1.807, 2.05) is 48.2 Å². The van der Waals surface area contributed by atoms with Crippen LogP contribution < -0.4 is 19.9 Å². The zero-order valence-corrected chi connectivity index (χ0v) is 18.5. The van der Waals surface area contributed by atoms with Crippen LogP contribution in [-0.4, -0.2) is 62.8 Å². The van der Waals surface area contributed by atoms with Crippen molar-refractivity contribution in [1.82, 2.24) is 10.2 Å². The predicted molar refractivity (Wildman–Crippen MR) is 126 cm³/mol. The minimum atomic E-state index is 0.0275. The Labute approximate surface area is 185 Å². The van der Waals surface area contributed by atoms with Gasteiger partial charge in [-0.1, -0.05) is 36.8 Å². The van der Waals surface area contributed by atoms with Gasteiger partial charge < -0.3 is 15.0 Å². The summed E-state index contributed by atoms with van der Waals surface area (Å²) in [5.74, 6) is 0.987. The molecule has 0 bridgehead atoms. The zero-order chi connectivity index (χ0) is 21.5. The minimum Gasteiger partial charge on any atom is -0.492 e. The van der Waals surface area contributed by atoms with E-state index < -0.39 is 0 Å². The van der Waals surface area contributed by atoms with Crippen LogP contribution in [-0.2, 0) is 0 Å². The van der Waals surface area contributed by atoms with Crippen molar-refractivity contribution in [2.75, 3.05) is 55.7 Å². The van der Waals surface area contributed by atoms with Gasteiger partial charge in [0.25, 0.3) is 0 Å². The molecule has 4 rings (SSSR count). The molecule has 166 valence electrons. The normalized spacial score (nSPS) is 19.5. The van der Waals surface area contributed by atoms with Crippen molar-refractivity contribution in [1.29, 1.82) is 0 Å². The molecular weight excluding hydrogens is 388 g/mol. The van der Waals surface area contributed by atoms with E-state index in [1.165, 1.54) is 12.1 Å². The smallest absolute Gasteiger partial charge is 0.322 e. The highest BCUT2D eigenvalue weighted by Crippen LogP contribution is 2.29. The van der Waals surface area contributed by atoms with E-state index >= 15 is 0 Å². The molecule has 6 nitrogen and oxygen atoms in total. The van der Waals surface area contributed by atoms with Gasteiger partial charge in [-0.15, -0.1) is 0 Å². The third kappa shape index (κ3) is 5.31. The number of benzene rings is 2. The molecule has 2 aliphatic rings. The standard InChI is InChI=1S/C25H34N4O2/c1-2-31-24-14-7-6-13-23(24)28-18-16-27(17-19-28)15-9-8-12-22-20-26-25(30)29(22)21-10-4-3-5-11-21/h3-7,10-11,13-14,22H,2,8-9,12,15-20H2,1H3,(H,26,30). The molecule has 1 N–H and O–H groups in total.